The largest absolute Gasteiger partial charge is 0.372 e. The molecule has 3 heteroatoms. The highest BCUT2D eigenvalue weighted by molar-refractivity contribution is 5.80. The van der Waals surface area contributed by atoms with Crippen molar-refractivity contribution < 1.29 is 9.53 Å². The molecule has 10 heavy (non-hydrogen) atoms. The minimum absolute atomic E-state index is 0.00463. The van der Waals surface area contributed by atoms with Crippen LogP contribution >= 0.6 is 0 Å². The highest BCUT2D eigenvalue weighted by atomic mass is 16.5. The molecule has 1 saturated carbocycles. The molecule has 1 atom stereocenters. The van der Waals surface area contributed by atoms with E-state index >= 15 is 0 Å². The summed E-state index contributed by atoms with van der Waals surface area (Å²) in [6, 6.07) is 0.435. The normalized spacial score (nSPS) is 20.2. The Kier molecular flexibility index (Phi) is 2.27. The SMILES string of the molecule is COC(C)C(=O)NC1CC1. The molecule has 0 aliphatic heterocycles. The molecule has 1 unspecified atom stereocenters. The van der Waals surface area contributed by atoms with Crippen LogP contribution in [0, 0.1) is 0 Å². The number of carbonyl (C=O) groups is 1. The second-order valence-corrected chi connectivity index (χ2v) is 2.66. The highest BCUT2D eigenvalue weighted by Gasteiger charge is 2.25. The zero-order chi connectivity index (χ0) is 7.56. The fourth-order valence-electron chi connectivity index (χ4n) is 0.653. The van der Waals surface area contributed by atoms with Crippen LogP contribution in [0.1, 0.15) is 19.8 Å². The quantitative estimate of drug-likeness (QED) is 0.617. The lowest BCUT2D eigenvalue weighted by Gasteiger charge is -2.08. The molecule has 0 bridgehead atoms. The molecule has 1 fully saturated rings. The Morgan fingerprint density at radius 2 is 2.30 bits per heavy atom. The molecule has 0 radical (unpaired) electrons. The number of methoxy groups -OCH3 is 1. The van der Waals surface area contributed by atoms with Crippen molar-refractivity contribution in [3.63, 3.8) is 0 Å². The van der Waals surface area contributed by atoms with Crippen molar-refractivity contribution in [2.24, 2.45) is 0 Å². The number of hydrogen-bond donors (Lipinski definition) is 1. The topological polar surface area (TPSA) is 38.3 Å². The van der Waals surface area contributed by atoms with Gasteiger partial charge in [0.05, 0.1) is 0 Å². The van der Waals surface area contributed by atoms with Crippen LogP contribution in [0.2, 0.25) is 0 Å². The van der Waals surface area contributed by atoms with E-state index in [-0.39, 0.29) is 12.0 Å². The summed E-state index contributed by atoms with van der Waals surface area (Å²) in [5.74, 6) is 0.00463. The summed E-state index contributed by atoms with van der Waals surface area (Å²) >= 11 is 0. The van der Waals surface area contributed by atoms with E-state index < -0.39 is 0 Å². The Morgan fingerprint density at radius 1 is 1.70 bits per heavy atom. The van der Waals surface area contributed by atoms with Crippen LogP contribution in [0.5, 0.6) is 0 Å². The molecule has 1 N–H and O–H groups in total. The Labute approximate surface area is 60.7 Å². The van der Waals surface area contributed by atoms with Crippen LogP contribution in [0.4, 0.5) is 0 Å². The van der Waals surface area contributed by atoms with Gasteiger partial charge in [0.15, 0.2) is 0 Å². The van der Waals surface area contributed by atoms with Crippen molar-refractivity contribution >= 4 is 5.91 Å². The Balaban J connectivity index is 2.18. The fourth-order valence-corrected chi connectivity index (χ4v) is 0.653. The van der Waals surface area contributed by atoms with Gasteiger partial charge in [-0.3, -0.25) is 4.79 Å². The number of carbonyl (C=O) groups excluding carboxylic acids is 1. The predicted molar refractivity (Wildman–Crippen MR) is 37.6 cm³/mol. The van der Waals surface area contributed by atoms with Crippen LogP contribution in [0.3, 0.4) is 0 Å². The fraction of sp³-hybridized carbons (Fsp3) is 0.857. The van der Waals surface area contributed by atoms with Crippen LogP contribution in [-0.2, 0) is 9.53 Å². The zero-order valence-corrected chi connectivity index (χ0v) is 6.39. The molecule has 0 saturated heterocycles. The molecule has 58 valence electrons. The third kappa shape index (κ3) is 1.99. The number of rotatable bonds is 3. The smallest absolute Gasteiger partial charge is 0.249 e. The maximum absolute atomic E-state index is 11.0. The Morgan fingerprint density at radius 3 is 2.70 bits per heavy atom. The molecule has 3 nitrogen and oxygen atoms in total. The van der Waals surface area contributed by atoms with Gasteiger partial charge in [-0.2, -0.15) is 0 Å². The van der Waals surface area contributed by atoms with Crippen molar-refractivity contribution in [2.75, 3.05) is 7.11 Å². The van der Waals surface area contributed by atoms with Gasteiger partial charge in [-0.15, -0.1) is 0 Å². The van der Waals surface area contributed by atoms with E-state index in [0.29, 0.717) is 6.04 Å². The summed E-state index contributed by atoms with van der Waals surface area (Å²) in [5, 5.41) is 2.84. The molecule has 1 aliphatic rings. The van der Waals surface area contributed by atoms with E-state index in [9.17, 15) is 4.79 Å². The van der Waals surface area contributed by atoms with Gasteiger partial charge in [-0.05, 0) is 19.8 Å². The number of amides is 1. The lowest BCUT2D eigenvalue weighted by Crippen LogP contribution is -2.35. The Hall–Kier alpha value is -0.570. The van der Waals surface area contributed by atoms with Gasteiger partial charge in [0.2, 0.25) is 5.91 Å². The van der Waals surface area contributed by atoms with E-state index in [1.807, 2.05) is 0 Å². The number of ether oxygens (including phenoxy) is 1. The van der Waals surface area contributed by atoms with Crippen molar-refractivity contribution in [3.8, 4) is 0 Å². The van der Waals surface area contributed by atoms with Gasteiger partial charge in [-0.1, -0.05) is 0 Å². The van der Waals surface area contributed by atoms with E-state index in [2.05, 4.69) is 5.32 Å². The van der Waals surface area contributed by atoms with Crippen LogP contribution < -0.4 is 5.32 Å². The van der Waals surface area contributed by atoms with Gasteiger partial charge < -0.3 is 10.1 Å². The number of hydrogen-bond acceptors (Lipinski definition) is 2. The van der Waals surface area contributed by atoms with E-state index in [0.717, 1.165) is 12.8 Å². The Bertz CT molecular complexity index is 132. The summed E-state index contributed by atoms with van der Waals surface area (Å²) in [6.07, 6.45) is 1.95. The molecule has 1 rings (SSSR count). The van der Waals surface area contributed by atoms with Gasteiger partial charge in [-0.25, -0.2) is 0 Å². The highest BCUT2D eigenvalue weighted by Crippen LogP contribution is 2.18. The summed E-state index contributed by atoms with van der Waals surface area (Å²) in [6.45, 7) is 1.75. The van der Waals surface area contributed by atoms with Crippen molar-refractivity contribution in [1.29, 1.82) is 0 Å². The molecular formula is C7H13NO2. The maximum atomic E-state index is 11.0. The summed E-state index contributed by atoms with van der Waals surface area (Å²) in [4.78, 5) is 11.0. The second kappa shape index (κ2) is 3.01. The lowest BCUT2D eigenvalue weighted by molar-refractivity contribution is -0.130. The van der Waals surface area contributed by atoms with Crippen molar-refractivity contribution in [3.05, 3.63) is 0 Å². The van der Waals surface area contributed by atoms with Gasteiger partial charge in [0, 0.05) is 13.2 Å². The minimum Gasteiger partial charge on any atom is -0.372 e. The number of nitrogens with one attached hydrogen (secondary N) is 1. The summed E-state index contributed by atoms with van der Waals surface area (Å²) in [7, 11) is 1.54. The van der Waals surface area contributed by atoms with Gasteiger partial charge >= 0.3 is 0 Å². The van der Waals surface area contributed by atoms with Crippen LogP contribution in [0.25, 0.3) is 0 Å². The van der Waals surface area contributed by atoms with E-state index in [1.165, 1.54) is 7.11 Å². The minimum atomic E-state index is -0.305. The molecule has 0 spiro atoms. The summed E-state index contributed by atoms with van der Waals surface area (Å²) < 4.78 is 4.83. The van der Waals surface area contributed by atoms with Gasteiger partial charge in [0.25, 0.3) is 0 Å². The van der Waals surface area contributed by atoms with Crippen LogP contribution in [-0.4, -0.2) is 25.2 Å². The van der Waals surface area contributed by atoms with Crippen LogP contribution in [0.15, 0.2) is 0 Å². The average Bonchev–Trinajstić information content (AvgIpc) is 2.70. The first kappa shape index (κ1) is 7.54. The van der Waals surface area contributed by atoms with E-state index in [4.69, 9.17) is 4.74 Å². The molecule has 0 aromatic carbocycles. The maximum Gasteiger partial charge on any atom is 0.249 e. The second-order valence-electron chi connectivity index (χ2n) is 2.66. The first-order valence-corrected chi connectivity index (χ1v) is 3.57. The predicted octanol–water partition coefficient (Wildman–Crippen LogP) is 0.300. The van der Waals surface area contributed by atoms with Crippen molar-refractivity contribution in [1.82, 2.24) is 5.32 Å². The lowest BCUT2D eigenvalue weighted by atomic mass is 10.4. The first-order chi connectivity index (χ1) is 4.74. The third-order valence-corrected chi connectivity index (χ3v) is 1.65. The standard InChI is InChI=1S/C7H13NO2/c1-5(10-2)7(9)8-6-3-4-6/h5-6H,3-4H2,1-2H3,(H,8,9). The average molecular weight is 143 g/mol. The van der Waals surface area contributed by atoms with Crippen molar-refractivity contribution in [2.45, 2.75) is 31.9 Å². The van der Waals surface area contributed by atoms with E-state index in [1.54, 1.807) is 6.92 Å². The zero-order valence-electron chi connectivity index (χ0n) is 6.39. The third-order valence-electron chi connectivity index (χ3n) is 1.65. The monoisotopic (exact) mass is 143 g/mol. The summed E-state index contributed by atoms with van der Waals surface area (Å²) in [5.41, 5.74) is 0. The molecule has 1 aliphatic carbocycles. The molecule has 1 amide bonds. The first-order valence-electron chi connectivity index (χ1n) is 3.57. The molecular weight excluding hydrogens is 130 g/mol. The molecule has 0 aromatic rings. The molecule has 0 heterocycles. The van der Waals surface area contributed by atoms with Gasteiger partial charge in [0.1, 0.15) is 6.10 Å². The molecule has 0 aromatic heterocycles.